The van der Waals surface area contributed by atoms with E-state index in [1.165, 1.54) is 0 Å². The van der Waals surface area contributed by atoms with E-state index in [-0.39, 0.29) is 36.6 Å². The number of imidazole rings is 1. The minimum atomic E-state index is -1.04. The first kappa shape index (κ1) is 37.5. The fourth-order valence-electron chi connectivity index (χ4n) is 9.32. The number of aromatic nitrogens is 2. The number of likely N-dealkylation sites (tertiary alicyclic amines) is 3. The molecule has 0 aliphatic carbocycles. The molecule has 3 saturated heterocycles. The largest absolute Gasteiger partial charge is 0.480 e. The summed E-state index contributed by atoms with van der Waals surface area (Å²) in [4.78, 5) is 72.6. The average Bonchev–Trinajstić information content (AvgIpc) is 3.27. The molecular formula is C40H53N7O7. The molecule has 14 heteroatoms. The number of nitrogens with zero attached hydrogens (tertiary/aromatic N) is 6. The van der Waals surface area contributed by atoms with Gasteiger partial charge in [-0.25, -0.2) is 14.4 Å². The molecule has 4 aliphatic rings. The van der Waals surface area contributed by atoms with Gasteiger partial charge in [-0.3, -0.25) is 23.6 Å². The Balaban J connectivity index is 1.01. The maximum Gasteiger partial charge on any atom is 0.410 e. The van der Waals surface area contributed by atoms with Gasteiger partial charge in [-0.1, -0.05) is 24.3 Å². The number of carboxylic acid groups (broad SMARTS) is 1. The topological polar surface area (TPSA) is 150 Å². The molecule has 5 heterocycles. The molecule has 14 nitrogen and oxygen atoms in total. The Morgan fingerprint density at radius 2 is 1.50 bits per heavy atom. The number of anilines is 1. The molecule has 3 aromatic rings. The minimum absolute atomic E-state index is 0.0151. The van der Waals surface area contributed by atoms with Crippen LogP contribution in [0.3, 0.4) is 0 Å². The van der Waals surface area contributed by atoms with Gasteiger partial charge >= 0.3 is 23.8 Å². The summed E-state index contributed by atoms with van der Waals surface area (Å²) < 4.78 is 9.36. The number of carboxylic acids is 1. The SMILES string of the molecule is Cc1cc(C[C@@H](OC(=O)N2CCC(N3CCc4ccccc4NC3=O)CC2)C(=O)N2CCC(C3CCN(CC(=O)O)CC3)CC2)cc2c1n(C)c(=O)n2C. The maximum atomic E-state index is 14.3. The van der Waals surface area contributed by atoms with Gasteiger partial charge in [0.2, 0.25) is 0 Å². The number of ether oxygens (including phenoxy) is 1. The monoisotopic (exact) mass is 743 g/mol. The Labute approximate surface area is 315 Å². The number of benzene rings is 2. The lowest BCUT2D eigenvalue weighted by Crippen LogP contribution is -2.52. The van der Waals surface area contributed by atoms with Crippen molar-refractivity contribution in [3.05, 3.63) is 63.6 Å². The van der Waals surface area contributed by atoms with Crippen LogP contribution in [-0.2, 0) is 41.3 Å². The first-order chi connectivity index (χ1) is 26.0. The van der Waals surface area contributed by atoms with Crippen LogP contribution in [0.4, 0.5) is 15.3 Å². The van der Waals surface area contributed by atoms with Crippen LogP contribution < -0.4 is 11.0 Å². The first-order valence-corrected chi connectivity index (χ1v) is 19.5. The van der Waals surface area contributed by atoms with Crippen molar-refractivity contribution in [2.24, 2.45) is 25.9 Å². The van der Waals surface area contributed by atoms with E-state index in [0.29, 0.717) is 57.4 Å². The first-order valence-electron chi connectivity index (χ1n) is 19.5. The zero-order valence-corrected chi connectivity index (χ0v) is 31.7. The van der Waals surface area contributed by atoms with Crippen molar-refractivity contribution in [1.82, 2.24) is 28.7 Å². The fourth-order valence-corrected chi connectivity index (χ4v) is 9.32. The molecule has 4 amide bonds. The predicted molar refractivity (Wildman–Crippen MR) is 203 cm³/mol. The van der Waals surface area contributed by atoms with E-state index >= 15 is 0 Å². The van der Waals surface area contributed by atoms with E-state index in [2.05, 4.69) is 5.32 Å². The summed E-state index contributed by atoms with van der Waals surface area (Å²) in [5, 5.41) is 12.2. The molecule has 2 N–H and O–H groups in total. The van der Waals surface area contributed by atoms with Gasteiger partial charge in [0.15, 0.2) is 6.10 Å². The van der Waals surface area contributed by atoms with Crippen molar-refractivity contribution < 1.29 is 29.0 Å². The van der Waals surface area contributed by atoms with Crippen LogP contribution in [0.25, 0.3) is 11.0 Å². The molecule has 1 aromatic heterocycles. The minimum Gasteiger partial charge on any atom is -0.480 e. The summed E-state index contributed by atoms with van der Waals surface area (Å²) >= 11 is 0. The second-order valence-electron chi connectivity index (χ2n) is 15.7. The zero-order valence-electron chi connectivity index (χ0n) is 31.7. The molecule has 1 atom stereocenters. The smallest absolute Gasteiger partial charge is 0.410 e. The number of amides is 4. The maximum absolute atomic E-state index is 14.3. The molecule has 0 bridgehead atoms. The number of urea groups is 1. The standard InChI is InChI=1S/C40H53N7O7/c1-26-22-27(23-33-36(26)43(3)39(52)42(33)2)24-34(37(50)45-17-10-29(11-18-45)28-8-15-44(16-9-28)25-35(48)49)54-40(53)46-19-13-31(14-20-46)47-21-12-30-6-4-5-7-32(30)41-38(47)51/h4-7,22-23,28-29,31,34H,8-21,24-25H2,1-3H3,(H,41,51)(H,48,49)/t34-/m1/s1. The Morgan fingerprint density at radius 1 is 0.852 bits per heavy atom. The highest BCUT2D eigenvalue weighted by Gasteiger charge is 2.37. The van der Waals surface area contributed by atoms with Crippen LogP contribution in [0, 0.1) is 18.8 Å². The van der Waals surface area contributed by atoms with Crippen molar-refractivity contribution in [3.8, 4) is 0 Å². The van der Waals surface area contributed by atoms with Crippen molar-refractivity contribution in [1.29, 1.82) is 0 Å². The van der Waals surface area contributed by atoms with Crippen LogP contribution in [-0.4, -0.2) is 122 Å². The predicted octanol–water partition coefficient (Wildman–Crippen LogP) is 3.82. The Bertz CT molecular complexity index is 1950. The van der Waals surface area contributed by atoms with Crippen LogP contribution in [0.15, 0.2) is 41.2 Å². The Morgan fingerprint density at radius 3 is 2.19 bits per heavy atom. The number of piperidine rings is 3. The van der Waals surface area contributed by atoms with Crippen molar-refractivity contribution in [2.75, 3.05) is 57.7 Å². The van der Waals surface area contributed by atoms with Crippen LogP contribution in [0.1, 0.15) is 55.2 Å². The lowest BCUT2D eigenvalue weighted by molar-refractivity contribution is -0.142. The molecule has 0 spiro atoms. The zero-order chi connectivity index (χ0) is 38.1. The van der Waals surface area contributed by atoms with Crippen molar-refractivity contribution >= 4 is 40.7 Å². The average molecular weight is 744 g/mol. The van der Waals surface area contributed by atoms with E-state index < -0.39 is 18.2 Å². The quantitative estimate of drug-likeness (QED) is 0.354. The molecule has 0 saturated carbocycles. The molecule has 0 unspecified atom stereocenters. The number of aliphatic carboxylic acids is 1. The Hall–Kier alpha value is -4.85. The van der Waals surface area contributed by atoms with E-state index in [0.717, 1.165) is 78.6 Å². The number of fused-ring (bicyclic) bond motifs is 2. The summed E-state index contributed by atoms with van der Waals surface area (Å²) in [6.45, 7) is 6.16. The number of hydrogen-bond donors (Lipinski definition) is 2. The Kier molecular flexibility index (Phi) is 11.0. The van der Waals surface area contributed by atoms with E-state index in [9.17, 15) is 29.1 Å². The van der Waals surface area contributed by atoms with Gasteiger partial charge in [0.25, 0.3) is 5.91 Å². The number of rotatable bonds is 8. The number of carbonyl (C=O) groups excluding carboxylic acids is 3. The third-order valence-electron chi connectivity index (χ3n) is 12.4. The molecule has 3 fully saturated rings. The normalized spacial score (nSPS) is 20.1. The van der Waals surface area contributed by atoms with Crippen LogP contribution >= 0.6 is 0 Å². The summed E-state index contributed by atoms with van der Waals surface area (Å²) in [6, 6.07) is 11.6. The summed E-state index contributed by atoms with van der Waals surface area (Å²) in [6.07, 6.45) is 4.21. The lowest BCUT2D eigenvalue weighted by atomic mass is 9.78. The molecule has 7 rings (SSSR count). The van der Waals surface area contributed by atoms with Gasteiger partial charge in [-0.15, -0.1) is 0 Å². The molecule has 0 radical (unpaired) electrons. The van der Waals surface area contributed by atoms with Gasteiger partial charge in [0.05, 0.1) is 17.6 Å². The van der Waals surface area contributed by atoms with Gasteiger partial charge < -0.3 is 29.9 Å². The summed E-state index contributed by atoms with van der Waals surface area (Å²) in [5.41, 5.74) is 5.11. The summed E-state index contributed by atoms with van der Waals surface area (Å²) in [7, 11) is 3.48. The van der Waals surface area contributed by atoms with E-state index in [1.54, 1.807) is 28.1 Å². The number of para-hydroxylation sites is 1. The molecule has 54 heavy (non-hydrogen) atoms. The number of aryl methyl sites for hydroxylation is 3. The second-order valence-corrected chi connectivity index (χ2v) is 15.7. The highest BCUT2D eigenvalue weighted by molar-refractivity contribution is 5.91. The third kappa shape index (κ3) is 7.84. The van der Waals surface area contributed by atoms with Crippen LogP contribution in [0.5, 0.6) is 0 Å². The van der Waals surface area contributed by atoms with E-state index in [1.807, 2.05) is 58.0 Å². The van der Waals surface area contributed by atoms with E-state index in [4.69, 9.17) is 4.74 Å². The van der Waals surface area contributed by atoms with Gasteiger partial charge in [0, 0.05) is 65.0 Å². The number of nitrogens with one attached hydrogen (secondary N) is 1. The highest BCUT2D eigenvalue weighted by atomic mass is 16.6. The number of carbonyl (C=O) groups is 4. The van der Waals surface area contributed by atoms with Gasteiger partial charge in [-0.05, 0) is 106 Å². The molecule has 2 aromatic carbocycles. The summed E-state index contributed by atoms with van der Waals surface area (Å²) in [5.74, 6) is -0.0372. The van der Waals surface area contributed by atoms with Gasteiger partial charge in [-0.2, -0.15) is 0 Å². The third-order valence-corrected chi connectivity index (χ3v) is 12.4. The lowest BCUT2D eigenvalue weighted by Gasteiger charge is -2.41. The fraction of sp³-hybridized carbons (Fsp3) is 0.575. The highest BCUT2D eigenvalue weighted by Crippen LogP contribution is 2.33. The van der Waals surface area contributed by atoms with Gasteiger partial charge in [0.1, 0.15) is 0 Å². The van der Waals surface area contributed by atoms with Crippen LogP contribution in [0.2, 0.25) is 0 Å². The molecule has 4 aliphatic heterocycles. The van der Waals surface area contributed by atoms with Crippen molar-refractivity contribution in [2.45, 2.75) is 70.4 Å². The molecular weight excluding hydrogens is 690 g/mol. The molecule has 290 valence electrons. The van der Waals surface area contributed by atoms with Crippen molar-refractivity contribution in [3.63, 3.8) is 0 Å². The number of hydrogen-bond acceptors (Lipinski definition) is 7. The second kappa shape index (κ2) is 15.9.